The fourth-order valence-electron chi connectivity index (χ4n) is 3.42. The van der Waals surface area contributed by atoms with Gasteiger partial charge >= 0.3 is 5.97 Å². The number of halogens is 4. The molecule has 0 N–H and O–H groups in total. The molecule has 0 aliphatic heterocycles. The topological polar surface area (TPSA) is 43.4 Å². The molecular weight excluding hydrogens is 692 g/mol. The van der Waals surface area contributed by atoms with E-state index in [0.717, 1.165) is 25.6 Å². The number of Topliss-reactive ketones (excluding diaryl/α,β-unsaturated/α-hetero) is 1. The number of carbonyl (C=O) groups excluding carboxylic acids is 2. The molecule has 0 saturated heterocycles. The van der Waals surface area contributed by atoms with E-state index in [2.05, 4.69) is 89.7 Å². The molecule has 7 heteroatoms. The van der Waals surface area contributed by atoms with E-state index in [1.165, 1.54) is 0 Å². The SMILES string of the molecule is CC(C)C(=O)Cc1c(Br)cc(C(C)(C)c2cc(Br)c(OC(=O)c3ccccc3)c(Br)c2)cc1Br. The number of benzene rings is 3. The molecule has 0 aliphatic carbocycles. The van der Waals surface area contributed by atoms with Crippen LogP contribution >= 0.6 is 63.7 Å². The second kappa shape index (κ2) is 11.2. The van der Waals surface area contributed by atoms with Crippen LogP contribution in [0.1, 0.15) is 54.7 Å². The molecule has 0 amide bonds. The van der Waals surface area contributed by atoms with Crippen molar-refractivity contribution in [3.63, 3.8) is 0 Å². The smallest absolute Gasteiger partial charge is 0.343 e. The van der Waals surface area contributed by atoms with Gasteiger partial charge in [-0.1, -0.05) is 77.8 Å². The maximum atomic E-state index is 12.5. The van der Waals surface area contributed by atoms with Crippen LogP contribution in [0.4, 0.5) is 0 Å². The van der Waals surface area contributed by atoms with Crippen LogP contribution in [-0.2, 0) is 16.6 Å². The van der Waals surface area contributed by atoms with Gasteiger partial charge in [-0.15, -0.1) is 0 Å². The molecule has 0 saturated carbocycles. The summed E-state index contributed by atoms with van der Waals surface area (Å²) in [6.45, 7) is 8.09. The molecule has 178 valence electrons. The highest BCUT2D eigenvalue weighted by Crippen LogP contribution is 2.42. The predicted octanol–water partition coefficient (Wildman–Crippen LogP) is 9.05. The average Bonchev–Trinajstić information content (AvgIpc) is 2.78. The van der Waals surface area contributed by atoms with Gasteiger partial charge in [0.25, 0.3) is 0 Å². The Morgan fingerprint density at radius 2 is 1.29 bits per heavy atom. The molecule has 0 fully saturated rings. The lowest BCUT2D eigenvalue weighted by molar-refractivity contribution is -0.121. The summed E-state index contributed by atoms with van der Waals surface area (Å²) >= 11 is 14.5. The summed E-state index contributed by atoms with van der Waals surface area (Å²) in [5, 5.41) is 0. The van der Waals surface area contributed by atoms with Gasteiger partial charge in [-0.05, 0) is 84.9 Å². The van der Waals surface area contributed by atoms with Gasteiger partial charge in [0, 0.05) is 26.7 Å². The normalized spacial score (nSPS) is 11.6. The lowest BCUT2D eigenvalue weighted by Crippen LogP contribution is -2.20. The highest BCUT2D eigenvalue weighted by atomic mass is 79.9. The van der Waals surface area contributed by atoms with Gasteiger partial charge in [-0.25, -0.2) is 4.79 Å². The Kier molecular flexibility index (Phi) is 8.99. The highest BCUT2D eigenvalue weighted by Gasteiger charge is 2.28. The van der Waals surface area contributed by atoms with Crippen molar-refractivity contribution in [2.24, 2.45) is 5.92 Å². The maximum absolute atomic E-state index is 12.5. The number of hydrogen-bond donors (Lipinski definition) is 0. The Hall–Kier alpha value is -1.28. The van der Waals surface area contributed by atoms with Crippen LogP contribution in [0, 0.1) is 5.92 Å². The molecule has 0 spiro atoms. The summed E-state index contributed by atoms with van der Waals surface area (Å²) in [7, 11) is 0. The van der Waals surface area contributed by atoms with Gasteiger partial charge in [0.15, 0.2) is 5.75 Å². The molecule has 34 heavy (non-hydrogen) atoms. The minimum absolute atomic E-state index is 0.0147. The van der Waals surface area contributed by atoms with Crippen LogP contribution in [0.2, 0.25) is 0 Å². The van der Waals surface area contributed by atoms with E-state index in [-0.39, 0.29) is 17.1 Å². The largest absolute Gasteiger partial charge is 0.421 e. The van der Waals surface area contributed by atoms with E-state index in [1.54, 1.807) is 24.3 Å². The van der Waals surface area contributed by atoms with Crippen LogP contribution in [-0.4, -0.2) is 11.8 Å². The van der Waals surface area contributed by atoms with Crippen molar-refractivity contribution in [2.75, 3.05) is 0 Å². The molecule has 0 radical (unpaired) electrons. The maximum Gasteiger partial charge on any atom is 0.343 e. The van der Waals surface area contributed by atoms with Gasteiger partial charge in [-0.2, -0.15) is 0 Å². The molecule has 0 heterocycles. The van der Waals surface area contributed by atoms with E-state index < -0.39 is 5.97 Å². The summed E-state index contributed by atoms with van der Waals surface area (Å²) in [5.41, 5.74) is 3.15. The summed E-state index contributed by atoms with van der Waals surface area (Å²) < 4.78 is 8.80. The fraction of sp³-hybridized carbons (Fsp3) is 0.259. The molecule has 0 unspecified atom stereocenters. The lowest BCUT2D eigenvalue weighted by Gasteiger charge is -2.28. The molecule has 3 aromatic carbocycles. The minimum Gasteiger partial charge on any atom is -0.421 e. The second-order valence-electron chi connectivity index (χ2n) is 8.87. The van der Waals surface area contributed by atoms with Gasteiger partial charge < -0.3 is 4.74 Å². The van der Waals surface area contributed by atoms with E-state index >= 15 is 0 Å². The third-order valence-corrected chi connectivity index (χ3v) is 8.38. The van der Waals surface area contributed by atoms with Crippen molar-refractivity contribution >= 4 is 75.5 Å². The number of esters is 1. The number of carbonyl (C=O) groups is 2. The quantitative estimate of drug-likeness (QED) is 0.181. The zero-order chi connectivity index (χ0) is 25.2. The highest BCUT2D eigenvalue weighted by molar-refractivity contribution is 9.11. The third kappa shape index (κ3) is 6.10. The van der Waals surface area contributed by atoms with E-state index in [9.17, 15) is 9.59 Å². The van der Waals surface area contributed by atoms with Crippen LogP contribution in [0.5, 0.6) is 5.75 Å². The van der Waals surface area contributed by atoms with E-state index in [4.69, 9.17) is 4.74 Å². The van der Waals surface area contributed by atoms with E-state index in [0.29, 0.717) is 26.7 Å². The molecule has 0 atom stereocenters. The van der Waals surface area contributed by atoms with Gasteiger partial charge in [0.2, 0.25) is 0 Å². The van der Waals surface area contributed by atoms with Crippen molar-refractivity contribution in [3.8, 4) is 5.75 Å². The van der Waals surface area contributed by atoms with Gasteiger partial charge in [-0.3, -0.25) is 4.79 Å². The minimum atomic E-state index is -0.423. The van der Waals surface area contributed by atoms with Crippen molar-refractivity contribution in [1.82, 2.24) is 0 Å². The zero-order valence-corrected chi connectivity index (χ0v) is 25.6. The lowest BCUT2D eigenvalue weighted by atomic mass is 9.78. The molecule has 3 nitrogen and oxygen atoms in total. The Bertz CT molecular complexity index is 1190. The van der Waals surface area contributed by atoms with Crippen molar-refractivity contribution < 1.29 is 14.3 Å². The Morgan fingerprint density at radius 1 is 0.824 bits per heavy atom. The average molecular weight is 716 g/mol. The predicted molar refractivity (Wildman–Crippen MR) is 151 cm³/mol. The standard InChI is InChI=1S/C27H24Br4O3/c1-15(2)24(32)14-19-20(28)10-17(11-21(19)29)27(3,4)18-12-22(30)25(23(31)13-18)34-26(33)16-8-6-5-7-9-16/h5-13,15H,14H2,1-4H3. The molecule has 3 aromatic rings. The van der Waals surface area contributed by atoms with Crippen LogP contribution in [0.15, 0.2) is 72.5 Å². The fourth-order valence-corrected chi connectivity index (χ4v) is 6.24. The van der Waals surface area contributed by atoms with Crippen molar-refractivity contribution in [1.29, 1.82) is 0 Å². The second-order valence-corrected chi connectivity index (χ2v) is 12.3. The molecule has 0 aliphatic rings. The monoisotopic (exact) mass is 712 g/mol. The van der Waals surface area contributed by atoms with Gasteiger partial charge in [0.05, 0.1) is 14.5 Å². The van der Waals surface area contributed by atoms with Gasteiger partial charge in [0.1, 0.15) is 5.78 Å². The number of hydrogen-bond acceptors (Lipinski definition) is 3. The van der Waals surface area contributed by atoms with E-state index in [1.807, 2.05) is 32.0 Å². The number of rotatable bonds is 7. The first kappa shape index (κ1) is 27.3. The Morgan fingerprint density at radius 3 is 1.76 bits per heavy atom. The Labute approximate surface area is 234 Å². The Balaban J connectivity index is 1.93. The number of ether oxygens (including phenoxy) is 1. The van der Waals surface area contributed by atoms with Crippen LogP contribution in [0.25, 0.3) is 0 Å². The molecule has 3 rings (SSSR count). The summed E-state index contributed by atoms with van der Waals surface area (Å²) in [5.74, 6) is 0.188. The first-order valence-electron chi connectivity index (χ1n) is 10.7. The molecule has 0 bridgehead atoms. The first-order chi connectivity index (χ1) is 15.9. The molecular formula is C27H24Br4O3. The van der Waals surface area contributed by atoms with Crippen molar-refractivity contribution in [2.45, 2.75) is 39.5 Å². The third-order valence-electron chi connectivity index (χ3n) is 5.78. The summed E-state index contributed by atoms with van der Waals surface area (Å²) in [6.07, 6.45) is 0.373. The first-order valence-corrected chi connectivity index (χ1v) is 13.9. The molecule has 0 aromatic heterocycles. The van der Waals surface area contributed by atoms with Crippen LogP contribution in [0.3, 0.4) is 0 Å². The zero-order valence-electron chi connectivity index (χ0n) is 19.2. The van der Waals surface area contributed by atoms with Crippen LogP contribution < -0.4 is 4.74 Å². The van der Waals surface area contributed by atoms with Crippen molar-refractivity contribution in [3.05, 3.63) is 94.7 Å². The summed E-state index contributed by atoms with van der Waals surface area (Å²) in [4.78, 5) is 24.9. The number of ketones is 1. The summed E-state index contributed by atoms with van der Waals surface area (Å²) in [6, 6.07) is 17.0.